The number of nitrogens with zero attached hydrogens (tertiary/aromatic N) is 2. The van der Waals surface area contributed by atoms with Gasteiger partial charge in [0.25, 0.3) is 0 Å². The standard InChI is InChI=1S/C27H32FN3O3/c1-4-21-7-5-8-24(15-21)29-27(33)31(16-20(2)3)19-26(32)30(18-25-9-6-14-34-25)17-22-10-12-23(28)13-11-22/h5-15,20H,4,16-19H2,1-3H3,(H,29,33). The number of carbonyl (C=O) groups is 2. The number of furan rings is 1. The first-order valence-electron chi connectivity index (χ1n) is 11.5. The van der Waals surface area contributed by atoms with Crippen LogP contribution in [0.15, 0.2) is 71.3 Å². The van der Waals surface area contributed by atoms with E-state index in [9.17, 15) is 14.0 Å². The van der Waals surface area contributed by atoms with E-state index in [4.69, 9.17) is 4.42 Å². The summed E-state index contributed by atoms with van der Waals surface area (Å²) in [5, 5.41) is 2.92. The third-order valence-electron chi connectivity index (χ3n) is 5.35. The zero-order chi connectivity index (χ0) is 24.5. The average Bonchev–Trinajstić information content (AvgIpc) is 3.32. The third kappa shape index (κ3) is 7.47. The molecule has 7 heteroatoms. The number of anilines is 1. The Morgan fingerprint density at radius 2 is 1.74 bits per heavy atom. The van der Waals surface area contributed by atoms with Gasteiger partial charge in [-0.25, -0.2) is 9.18 Å². The molecule has 0 spiro atoms. The van der Waals surface area contributed by atoms with Gasteiger partial charge < -0.3 is 19.5 Å². The summed E-state index contributed by atoms with van der Waals surface area (Å²) >= 11 is 0. The van der Waals surface area contributed by atoms with Crippen molar-refractivity contribution < 1.29 is 18.4 Å². The van der Waals surface area contributed by atoms with Gasteiger partial charge in [-0.1, -0.05) is 45.0 Å². The maximum absolute atomic E-state index is 13.4. The van der Waals surface area contributed by atoms with Crippen LogP contribution in [0.2, 0.25) is 0 Å². The predicted octanol–water partition coefficient (Wildman–Crippen LogP) is 5.70. The van der Waals surface area contributed by atoms with Crippen LogP contribution in [-0.4, -0.2) is 34.8 Å². The van der Waals surface area contributed by atoms with E-state index in [0.29, 0.717) is 18.0 Å². The lowest BCUT2D eigenvalue weighted by molar-refractivity contribution is -0.133. The van der Waals surface area contributed by atoms with Gasteiger partial charge in [-0.15, -0.1) is 0 Å². The molecule has 0 unspecified atom stereocenters. The highest BCUT2D eigenvalue weighted by atomic mass is 19.1. The molecule has 0 atom stereocenters. The fraction of sp³-hybridized carbons (Fsp3) is 0.333. The lowest BCUT2D eigenvalue weighted by Gasteiger charge is -2.28. The predicted molar refractivity (Wildman–Crippen MR) is 131 cm³/mol. The Morgan fingerprint density at radius 1 is 0.971 bits per heavy atom. The molecule has 0 aliphatic heterocycles. The molecular weight excluding hydrogens is 433 g/mol. The molecule has 180 valence electrons. The average molecular weight is 466 g/mol. The van der Waals surface area contributed by atoms with E-state index in [1.807, 2.05) is 38.1 Å². The van der Waals surface area contributed by atoms with Crippen molar-refractivity contribution >= 4 is 17.6 Å². The first kappa shape index (κ1) is 25.0. The molecule has 3 rings (SSSR count). The fourth-order valence-electron chi connectivity index (χ4n) is 3.63. The summed E-state index contributed by atoms with van der Waals surface area (Å²) < 4.78 is 18.8. The summed E-state index contributed by atoms with van der Waals surface area (Å²) in [4.78, 5) is 29.6. The van der Waals surface area contributed by atoms with Crippen LogP contribution in [0.25, 0.3) is 0 Å². The first-order chi connectivity index (χ1) is 16.3. The smallest absolute Gasteiger partial charge is 0.322 e. The molecular formula is C27H32FN3O3. The van der Waals surface area contributed by atoms with Crippen molar-refractivity contribution in [1.82, 2.24) is 9.80 Å². The second-order valence-corrected chi connectivity index (χ2v) is 8.71. The summed E-state index contributed by atoms with van der Waals surface area (Å²) in [6, 6.07) is 17.0. The number of aryl methyl sites for hydroxylation is 1. The van der Waals surface area contributed by atoms with E-state index < -0.39 is 0 Å². The number of nitrogens with one attached hydrogen (secondary N) is 1. The van der Waals surface area contributed by atoms with Crippen LogP contribution < -0.4 is 5.32 Å². The van der Waals surface area contributed by atoms with Gasteiger partial charge in [0.15, 0.2) is 0 Å². The molecule has 0 saturated heterocycles. The van der Waals surface area contributed by atoms with Gasteiger partial charge in [-0.05, 0) is 59.9 Å². The number of hydrogen-bond donors (Lipinski definition) is 1. The Hall–Kier alpha value is -3.61. The maximum atomic E-state index is 13.4. The molecule has 0 saturated carbocycles. The van der Waals surface area contributed by atoms with Crippen LogP contribution in [0.3, 0.4) is 0 Å². The topological polar surface area (TPSA) is 65.8 Å². The number of carbonyl (C=O) groups excluding carboxylic acids is 2. The van der Waals surface area contributed by atoms with Crippen molar-refractivity contribution in [2.75, 3.05) is 18.4 Å². The maximum Gasteiger partial charge on any atom is 0.322 e. The lowest BCUT2D eigenvalue weighted by atomic mass is 10.1. The summed E-state index contributed by atoms with van der Waals surface area (Å²) in [6.45, 7) is 6.92. The molecule has 1 heterocycles. The van der Waals surface area contributed by atoms with Crippen molar-refractivity contribution in [3.8, 4) is 0 Å². The van der Waals surface area contributed by atoms with E-state index in [1.165, 1.54) is 17.0 Å². The zero-order valence-corrected chi connectivity index (χ0v) is 20.0. The monoisotopic (exact) mass is 465 g/mol. The van der Waals surface area contributed by atoms with Crippen molar-refractivity contribution in [2.24, 2.45) is 5.92 Å². The van der Waals surface area contributed by atoms with Gasteiger partial charge in [0, 0.05) is 18.8 Å². The lowest BCUT2D eigenvalue weighted by Crippen LogP contribution is -2.45. The van der Waals surface area contributed by atoms with Crippen LogP contribution in [0.5, 0.6) is 0 Å². The van der Waals surface area contributed by atoms with E-state index in [-0.39, 0.29) is 43.3 Å². The van der Waals surface area contributed by atoms with E-state index in [2.05, 4.69) is 12.2 Å². The summed E-state index contributed by atoms with van der Waals surface area (Å²) in [5.74, 6) is 0.251. The molecule has 0 aliphatic rings. The minimum Gasteiger partial charge on any atom is -0.467 e. The fourth-order valence-corrected chi connectivity index (χ4v) is 3.63. The Bertz CT molecular complexity index is 1060. The van der Waals surface area contributed by atoms with Crippen LogP contribution >= 0.6 is 0 Å². The minimum atomic E-state index is -0.334. The second kappa shape index (κ2) is 12.0. The number of rotatable bonds is 10. The van der Waals surface area contributed by atoms with E-state index in [1.54, 1.807) is 35.4 Å². The van der Waals surface area contributed by atoms with Crippen molar-refractivity contribution in [3.63, 3.8) is 0 Å². The quantitative estimate of drug-likeness (QED) is 0.418. The number of halogens is 1. The molecule has 34 heavy (non-hydrogen) atoms. The zero-order valence-electron chi connectivity index (χ0n) is 20.0. The van der Waals surface area contributed by atoms with Crippen molar-refractivity contribution in [1.29, 1.82) is 0 Å². The molecule has 3 aromatic rings. The molecule has 2 aromatic carbocycles. The first-order valence-corrected chi connectivity index (χ1v) is 11.5. The Labute approximate surface area is 200 Å². The van der Waals surface area contributed by atoms with Gasteiger partial charge in [0.1, 0.15) is 18.1 Å². The van der Waals surface area contributed by atoms with Gasteiger partial charge in [-0.3, -0.25) is 4.79 Å². The van der Waals surface area contributed by atoms with Gasteiger partial charge in [0.05, 0.1) is 12.8 Å². The Kier molecular flexibility index (Phi) is 8.85. The number of benzene rings is 2. The summed E-state index contributed by atoms with van der Waals surface area (Å²) in [7, 11) is 0. The highest BCUT2D eigenvalue weighted by molar-refractivity contribution is 5.92. The molecule has 0 fully saturated rings. The molecule has 0 aliphatic carbocycles. The Morgan fingerprint density at radius 3 is 2.38 bits per heavy atom. The van der Waals surface area contributed by atoms with Gasteiger partial charge >= 0.3 is 6.03 Å². The Balaban J connectivity index is 1.76. The van der Waals surface area contributed by atoms with Crippen LogP contribution in [-0.2, 0) is 24.3 Å². The normalized spacial score (nSPS) is 10.9. The molecule has 3 amide bonds. The minimum absolute atomic E-state index is 0.0839. The number of amides is 3. The molecule has 0 radical (unpaired) electrons. The highest BCUT2D eigenvalue weighted by Gasteiger charge is 2.23. The molecule has 6 nitrogen and oxygen atoms in total. The van der Waals surface area contributed by atoms with E-state index in [0.717, 1.165) is 17.5 Å². The number of hydrogen-bond acceptors (Lipinski definition) is 3. The van der Waals surface area contributed by atoms with Crippen LogP contribution in [0.1, 0.15) is 37.7 Å². The van der Waals surface area contributed by atoms with Gasteiger partial charge in [0.2, 0.25) is 5.91 Å². The summed E-state index contributed by atoms with van der Waals surface area (Å²) in [5.41, 5.74) is 2.61. The van der Waals surface area contributed by atoms with E-state index >= 15 is 0 Å². The second-order valence-electron chi connectivity index (χ2n) is 8.71. The number of urea groups is 1. The molecule has 1 aromatic heterocycles. The molecule has 1 N–H and O–H groups in total. The van der Waals surface area contributed by atoms with Crippen LogP contribution in [0.4, 0.5) is 14.9 Å². The van der Waals surface area contributed by atoms with Gasteiger partial charge in [-0.2, -0.15) is 0 Å². The van der Waals surface area contributed by atoms with Crippen LogP contribution in [0, 0.1) is 11.7 Å². The SMILES string of the molecule is CCc1cccc(NC(=O)N(CC(=O)N(Cc2ccc(F)cc2)Cc2ccco2)CC(C)C)c1. The molecule has 0 bridgehead atoms. The van der Waals surface area contributed by atoms with Crippen molar-refractivity contribution in [2.45, 2.75) is 40.3 Å². The summed E-state index contributed by atoms with van der Waals surface area (Å²) in [6.07, 6.45) is 2.42. The largest absolute Gasteiger partial charge is 0.467 e. The third-order valence-corrected chi connectivity index (χ3v) is 5.35. The highest BCUT2D eigenvalue weighted by Crippen LogP contribution is 2.15. The van der Waals surface area contributed by atoms with Crippen molar-refractivity contribution in [3.05, 3.63) is 89.6 Å².